The minimum Gasteiger partial charge on any atom is -0.340 e. The Morgan fingerprint density at radius 3 is 2.22 bits per heavy atom. The maximum atomic E-state index is 13.5. The van der Waals surface area contributed by atoms with Crippen LogP contribution in [-0.2, 0) is 15.8 Å². The lowest BCUT2D eigenvalue weighted by Crippen LogP contribution is -2.51. The lowest BCUT2D eigenvalue weighted by molar-refractivity contribution is -0.141. The highest BCUT2D eigenvalue weighted by atomic mass is 32.1. The van der Waals surface area contributed by atoms with E-state index in [0.717, 1.165) is 49.5 Å². The van der Waals surface area contributed by atoms with Crippen molar-refractivity contribution in [3.05, 3.63) is 29.3 Å². The number of benzene rings is 1. The minimum atomic E-state index is -4.73. The number of carbonyl (C=O) groups is 2. The van der Waals surface area contributed by atoms with E-state index in [-0.39, 0.29) is 22.1 Å². The van der Waals surface area contributed by atoms with Crippen LogP contribution in [0.5, 0.6) is 0 Å². The maximum Gasteiger partial charge on any atom is 0.417 e. The number of piperazine rings is 1. The second kappa shape index (κ2) is 10.6. The topological polar surface area (TPSA) is 70.9 Å². The Labute approximate surface area is 221 Å². The number of amides is 2. The third-order valence-electron chi connectivity index (χ3n) is 6.92. The van der Waals surface area contributed by atoms with Gasteiger partial charge < -0.3 is 9.80 Å². The summed E-state index contributed by atoms with van der Waals surface area (Å²) in [5.74, 6) is -0.245. The predicted molar refractivity (Wildman–Crippen MR) is 139 cm³/mol. The molecular formula is C26H34F3N5O2S. The molecule has 2 fully saturated rings. The lowest BCUT2D eigenvalue weighted by atomic mass is 9.94. The first-order valence-electron chi connectivity index (χ1n) is 12.4. The number of rotatable bonds is 6. The van der Waals surface area contributed by atoms with Crippen LogP contribution in [0.1, 0.15) is 58.6 Å². The van der Waals surface area contributed by atoms with Crippen LogP contribution >= 0.6 is 12.2 Å². The molecule has 0 spiro atoms. The molecule has 0 N–H and O–H groups in total. The van der Waals surface area contributed by atoms with Crippen molar-refractivity contribution in [3.63, 3.8) is 0 Å². The van der Waals surface area contributed by atoms with E-state index in [1.54, 1.807) is 24.8 Å². The number of carbonyl (C=O) groups excluding carboxylic acids is 2. The number of halogens is 3. The second-order valence-electron chi connectivity index (χ2n) is 11.1. The summed E-state index contributed by atoms with van der Waals surface area (Å²) in [6.07, 6.45) is -3.13. The van der Waals surface area contributed by atoms with Gasteiger partial charge in [0, 0.05) is 38.1 Å². The number of nitrogens with zero attached hydrogens (tertiary/aromatic N) is 5. The van der Waals surface area contributed by atoms with Crippen LogP contribution in [0.25, 0.3) is 0 Å². The zero-order valence-electron chi connectivity index (χ0n) is 22.0. The number of unbranched alkanes of at least 4 members (excludes halogenated alkanes) is 1. The molecule has 2 aliphatic rings. The maximum absolute atomic E-state index is 13.5. The number of anilines is 1. The molecule has 2 aliphatic heterocycles. The monoisotopic (exact) mass is 537 g/mol. The summed E-state index contributed by atoms with van der Waals surface area (Å²) in [6, 6.07) is 4.75. The Morgan fingerprint density at radius 2 is 1.68 bits per heavy atom. The Morgan fingerprint density at radius 1 is 1.08 bits per heavy atom. The molecule has 0 radical (unpaired) electrons. The Balaban J connectivity index is 1.60. The molecule has 37 heavy (non-hydrogen) atoms. The molecule has 0 atom stereocenters. The highest BCUT2D eigenvalue weighted by molar-refractivity contribution is 7.80. The molecule has 1 aromatic carbocycles. The zero-order valence-corrected chi connectivity index (χ0v) is 22.8. The molecule has 1 aromatic rings. The van der Waals surface area contributed by atoms with Crippen molar-refractivity contribution in [2.45, 2.75) is 59.2 Å². The molecule has 3 rings (SSSR count). The van der Waals surface area contributed by atoms with Crippen molar-refractivity contribution in [1.82, 2.24) is 14.7 Å². The highest BCUT2D eigenvalue weighted by Crippen LogP contribution is 2.38. The van der Waals surface area contributed by atoms with E-state index in [0.29, 0.717) is 19.6 Å². The highest BCUT2D eigenvalue weighted by Gasteiger charge is 2.49. The van der Waals surface area contributed by atoms with E-state index < -0.39 is 28.7 Å². The van der Waals surface area contributed by atoms with Gasteiger partial charge in [-0.3, -0.25) is 19.4 Å². The van der Waals surface area contributed by atoms with Gasteiger partial charge in [0.25, 0.3) is 5.91 Å². The van der Waals surface area contributed by atoms with Crippen molar-refractivity contribution in [1.29, 1.82) is 5.26 Å². The first-order chi connectivity index (χ1) is 17.1. The molecule has 0 saturated carbocycles. The number of hydrogen-bond donors (Lipinski definition) is 0. The van der Waals surface area contributed by atoms with Gasteiger partial charge in [-0.25, -0.2) is 0 Å². The van der Waals surface area contributed by atoms with Crippen molar-refractivity contribution in [3.8, 4) is 6.07 Å². The molecule has 7 nitrogen and oxygen atoms in total. The molecule has 0 aliphatic carbocycles. The number of alkyl halides is 3. The van der Waals surface area contributed by atoms with Crippen molar-refractivity contribution in [2.24, 2.45) is 5.41 Å². The third kappa shape index (κ3) is 6.07. The number of thiocarbonyl (C=S) groups is 1. The van der Waals surface area contributed by atoms with Gasteiger partial charge in [0.2, 0.25) is 5.91 Å². The number of hydrogen-bond acceptors (Lipinski definition) is 5. The summed E-state index contributed by atoms with van der Waals surface area (Å²) >= 11 is 5.55. The van der Waals surface area contributed by atoms with Crippen molar-refractivity contribution >= 4 is 34.8 Å². The predicted octanol–water partition coefficient (Wildman–Crippen LogP) is 4.26. The molecule has 11 heteroatoms. The number of nitriles is 1. The summed E-state index contributed by atoms with van der Waals surface area (Å²) in [6.45, 7) is 13.5. The normalized spacial score (nSPS) is 18.9. The van der Waals surface area contributed by atoms with Crippen LogP contribution in [0.3, 0.4) is 0 Å². The van der Waals surface area contributed by atoms with Crippen LogP contribution in [0.15, 0.2) is 18.2 Å². The van der Waals surface area contributed by atoms with Gasteiger partial charge in [0.05, 0.1) is 22.9 Å². The van der Waals surface area contributed by atoms with E-state index >= 15 is 0 Å². The van der Waals surface area contributed by atoms with E-state index in [2.05, 4.69) is 4.90 Å². The second-order valence-corrected chi connectivity index (χ2v) is 11.4. The van der Waals surface area contributed by atoms with Gasteiger partial charge in [0.1, 0.15) is 5.54 Å². The Hall–Kier alpha value is -2.71. The van der Waals surface area contributed by atoms with Gasteiger partial charge in [-0.2, -0.15) is 18.4 Å². The third-order valence-corrected chi connectivity index (χ3v) is 7.32. The van der Waals surface area contributed by atoms with E-state index in [9.17, 15) is 22.8 Å². The first-order valence-corrected chi connectivity index (χ1v) is 12.8. The van der Waals surface area contributed by atoms with Crippen LogP contribution < -0.4 is 4.90 Å². The standard InChI is InChI=1S/C26H34F3N5O2S/c1-24(2,3)21(35)32-14-12-31(13-15-32)10-6-7-11-33-23(37)34(22(36)25(33,4)5)19-9-8-18(17-30)20(16-19)26(27,28)29/h8-9,16H,6-7,10-15H2,1-5H3. The van der Waals surface area contributed by atoms with Gasteiger partial charge in [-0.15, -0.1) is 0 Å². The van der Waals surface area contributed by atoms with Crippen molar-refractivity contribution in [2.75, 3.05) is 44.2 Å². The van der Waals surface area contributed by atoms with Crippen LogP contribution in [-0.4, -0.2) is 76.4 Å². The summed E-state index contributed by atoms with van der Waals surface area (Å²) in [7, 11) is 0. The average Bonchev–Trinajstić information content (AvgIpc) is 2.98. The van der Waals surface area contributed by atoms with Gasteiger partial charge in [-0.1, -0.05) is 20.8 Å². The summed E-state index contributed by atoms with van der Waals surface area (Å²) < 4.78 is 40.4. The van der Waals surface area contributed by atoms with E-state index in [1.807, 2.05) is 25.7 Å². The fourth-order valence-electron chi connectivity index (χ4n) is 4.70. The van der Waals surface area contributed by atoms with Gasteiger partial charge in [-0.05, 0) is 63.7 Å². The van der Waals surface area contributed by atoms with E-state index in [1.165, 1.54) is 6.07 Å². The quantitative estimate of drug-likeness (QED) is 0.399. The van der Waals surface area contributed by atoms with Crippen LogP contribution in [0.2, 0.25) is 0 Å². The summed E-state index contributed by atoms with van der Waals surface area (Å²) in [5.41, 5.74) is -3.00. The Kier molecular flexibility index (Phi) is 8.25. The van der Waals surface area contributed by atoms with Crippen molar-refractivity contribution < 1.29 is 22.8 Å². The largest absolute Gasteiger partial charge is 0.417 e. The summed E-state index contributed by atoms with van der Waals surface area (Å²) in [4.78, 5) is 32.8. The van der Waals surface area contributed by atoms with Crippen LogP contribution in [0.4, 0.5) is 18.9 Å². The SMILES string of the molecule is CC(C)(C)C(=O)N1CCN(CCCCN2C(=S)N(c3ccc(C#N)c(C(F)(F)F)c3)C(=O)C2(C)C)CC1. The van der Waals surface area contributed by atoms with Gasteiger partial charge in [0.15, 0.2) is 5.11 Å². The average molecular weight is 538 g/mol. The summed E-state index contributed by atoms with van der Waals surface area (Å²) in [5, 5.41) is 9.22. The molecule has 2 heterocycles. The molecular weight excluding hydrogens is 503 g/mol. The zero-order chi connectivity index (χ0) is 27.8. The minimum absolute atomic E-state index is 0.000394. The molecule has 0 aromatic heterocycles. The van der Waals surface area contributed by atoms with E-state index in [4.69, 9.17) is 17.5 Å². The van der Waals surface area contributed by atoms with Gasteiger partial charge >= 0.3 is 6.18 Å². The first kappa shape index (κ1) is 28.9. The molecule has 2 saturated heterocycles. The Bertz CT molecular complexity index is 1100. The lowest BCUT2D eigenvalue weighted by Gasteiger charge is -2.37. The fraction of sp³-hybridized carbons (Fsp3) is 0.615. The molecule has 0 bridgehead atoms. The molecule has 2 amide bonds. The molecule has 202 valence electrons. The molecule has 0 unspecified atom stereocenters. The van der Waals surface area contributed by atoms with Crippen LogP contribution in [0, 0.1) is 16.7 Å². The fourth-order valence-corrected chi connectivity index (χ4v) is 5.20. The smallest absolute Gasteiger partial charge is 0.340 e.